The number of hydrogen-bond acceptors (Lipinski definition) is 1. The van der Waals surface area contributed by atoms with Crippen molar-refractivity contribution < 1.29 is 4.39 Å². The molecule has 1 aromatic carbocycles. The van der Waals surface area contributed by atoms with E-state index < -0.39 is 0 Å². The Hall–Kier alpha value is -1.05. The second kappa shape index (κ2) is 4.45. The first-order valence-electron chi connectivity index (χ1n) is 5.30. The average Bonchev–Trinajstić information content (AvgIpc) is 2.30. The van der Waals surface area contributed by atoms with Crippen LogP contribution in [-0.2, 0) is 6.67 Å². The highest BCUT2D eigenvalue weighted by Crippen LogP contribution is 2.24. The van der Waals surface area contributed by atoms with Crippen LogP contribution < -0.4 is 4.90 Å². The average molecular weight is 193 g/mol. The third-order valence-electron chi connectivity index (χ3n) is 2.83. The van der Waals surface area contributed by atoms with Crippen LogP contribution in [0.2, 0.25) is 0 Å². The fourth-order valence-corrected chi connectivity index (χ4v) is 2.07. The van der Waals surface area contributed by atoms with Crippen LogP contribution in [0, 0.1) is 0 Å². The summed E-state index contributed by atoms with van der Waals surface area (Å²) in [6, 6.07) is 7.80. The summed E-state index contributed by atoms with van der Waals surface area (Å²) in [6.07, 6.45) is 3.79. The maximum atomic E-state index is 12.7. The van der Waals surface area contributed by atoms with Crippen molar-refractivity contribution in [3.8, 4) is 0 Å². The molecule has 0 unspecified atom stereocenters. The van der Waals surface area contributed by atoms with E-state index in [1.54, 1.807) is 0 Å². The molecule has 1 heterocycles. The number of piperidine rings is 1. The van der Waals surface area contributed by atoms with E-state index in [1.165, 1.54) is 19.3 Å². The summed E-state index contributed by atoms with van der Waals surface area (Å²) in [5.74, 6) is 0. The van der Waals surface area contributed by atoms with Crippen molar-refractivity contribution >= 4 is 5.69 Å². The molecule has 14 heavy (non-hydrogen) atoms. The van der Waals surface area contributed by atoms with Gasteiger partial charge in [-0.25, -0.2) is 4.39 Å². The maximum Gasteiger partial charge on any atom is 0.117 e. The first kappa shape index (κ1) is 9.50. The standard InChI is InChI=1S/C12H16FN/c13-10-11-6-2-3-7-12(11)14-8-4-1-5-9-14/h2-3,6-7H,1,4-5,8-10H2. The van der Waals surface area contributed by atoms with E-state index in [-0.39, 0.29) is 6.67 Å². The Morgan fingerprint density at radius 2 is 1.79 bits per heavy atom. The van der Waals surface area contributed by atoms with Gasteiger partial charge in [-0.3, -0.25) is 0 Å². The Balaban J connectivity index is 2.20. The van der Waals surface area contributed by atoms with Crippen molar-refractivity contribution in [2.45, 2.75) is 25.9 Å². The lowest BCUT2D eigenvalue weighted by atomic mass is 10.1. The highest BCUT2D eigenvalue weighted by atomic mass is 19.1. The van der Waals surface area contributed by atoms with Gasteiger partial charge in [0.05, 0.1) is 0 Å². The summed E-state index contributed by atoms with van der Waals surface area (Å²) in [5, 5.41) is 0. The van der Waals surface area contributed by atoms with E-state index in [2.05, 4.69) is 4.90 Å². The van der Waals surface area contributed by atoms with Gasteiger partial charge in [-0.05, 0) is 25.3 Å². The molecule has 2 rings (SSSR count). The molecule has 1 aliphatic heterocycles. The molecule has 0 N–H and O–H groups in total. The van der Waals surface area contributed by atoms with Gasteiger partial charge in [0.25, 0.3) is 0 Å². The first-order valence-corrected chi connectivity index (χ1v) is 5.30. The molecule has 0 spiro atoms. The van der Waals surface area contributed by atoms with Crippen molar-refractivity contribution in [1.29, 1.82) is 0 Å². The monoisotopic (exact) mass is 193 g/mol. The number of halogens is 1. The molecule has 0 saturated carbocycles. The zero-order valence-electron chi connectivity index (χ0n) is 8.38. The van der Waals surface area contributed by atoms with Crippen LogP contribution >= 0.6 is 0 Å². The van der Waals surface area contributed by atoms with E-state index in [0.29, 0.717) is 0 Å². The lowest BCUT2D eigenvalue weighted by Gasteiger charge is -2.30. The Kier molecular flexibility index (Phi) is 3.02. The van der Waals surface area contributed by atoms with E-state index in [1.807, 2.05) is 24.3 Å². The summed E-state index contributed by atoms with van der Waals surface area (Å²) < 4.78 is 12.7. The topological polar surface area (TPSA) is 3.24 Å². The third kappa shape index (κ3) is 1.89. The van der Waals surface area contributed by atoms with Gasteiger partial charge in [0.15, 0.2) is 0 Å². The van der Waals surface area contributed by atoms with Gasteiger partial charge in [0.1, 0.15) is 6.67 Å². The predicted octanol–water partition coefficient (Wildman–Crippen LogP) is 3.15. The van der Waals surface area contributed by atoms with E-state index in [9.17, 15) is 4.39 Å². The number of nitrogens with zero attached hydrogens (tertiary/aromatic N) is 1. The lowest BCUT2D eigenvalue weighted by Crippen LogP contribution is -2.30. The highest BCUT2D eigenvalue weighted by Gasteiger charge is 2.13. The molecule has 0 atom stereocenters. The van der Waals surface area contributed by atoms with Gasteiger partial charge >= 0.3 is 0 Å². The number of rotatable bonds is 2. The third-order valence-corrected chi connectivity index (χ3v) is 2.83. The van der Waals surface area contributed by atoms with Crippen LogP contribution in [0.4, 0.5) is 10.1 Å². The molecule has 0 aromatic heterocycles. The summed E-state index contributed by atoms with van der Waals surface area (Å²) in [7, 11) is 0. The number of benzene rings is 1. The van der Waals surface area contributed by atoms with Crippen LogP contribution in [0.3, 0.4) is 0 Å². The molecule has 0 radical (unpaired) electrons. The van der Waals surface area contributed by atoms with Gasteiger partial charge in [-0.2, -0.15) is 0 Å². The van der Waals surface area contributed by atoms with Gasteiger partial charge < -0.3 is 4.90 Å². The predicted molar refractivity (Wildman–Crippen MR) is 57.3 cm³/mol. The minimum absolute atomic E-state index is 0.354. The van der Waals surface area contributed by atoms with Crippen molar-refractivity contribution in [2.75, 3.05) is 18.0 Å². The van der Waals surface area contributed by atoms with Crippen molar-refractivity contribution in [3.63, 3.8) is 0 Å². The highest BCUT2D eigenvalue weighted by molar-refractivity contribution is 5.53. The smallest absolute Gasteiger partial charge is 0.117 e. The second-order valence-electron chi connectivity index (χ2n) is 3.81. The Bertz CT molecular complexity index is 292. The van der Waals surface area contributed by atoms with Gasteiger partial charge in [-0.15, -0.1) is 0 Å². The molecule has 1 saturated heterocycles. The molecule has 1 fully saturated rings. The molecular formula is C12H16FN. The van der Waals surface area contributed by atoms with E-state index in [0.717, 1.165) is 24.3 Å². The van der Waals surface area contributed by atoms with Gasteiger partial charge in [0, 0.05) is 24.3 Å². The van der Waals surface area contributed by atoms with E-state index in [4.69, 9.17) is 0 Å². The summed E-state index contributed by atoms with van der Waals surface area (Å²) >= 11 is 0. The van der Waals surface area contributed by atoms with Crippen molar-refractivity contribution in [3.05, 3.63) is 29.8 Å². The van der Waals surface area contributed by atoms with Gasteiger partial charge in [0.2, 0.25) is 0 Å². The zero-order valence-corrected chi connectivity index (χ0v) is 8.38. The Morgan fingerprint density at radius 1 is 1.07 bits per heavy atom. The number of para-hydroxylation sites is 1. The molecule has 76 valence electrons. The molecule has 0 aliphatic carbocycles. The number of alkyl halides is 1. The quantitative estimate of drug-likeness (QED) is 0.697. The number of anilines is 1. The van der Waals surface area contributed by atoms with Crippen LogP contribution in [-0.4, -0.2) is 13.1 Å². The summed E-state index contributed by atoms with van der Waals surface area (Å²) in [5.41, 5.74) is 1.92. The fourth-order valence-electron chi connectivity index (χ4n) is 2.07. The Labute approximate surface area is 84.5 Å². The maximum absolute atomic E-state index is 12.7. The van der Waals surface area contributed by atoms with Gasteiger partial charge in [-0.1, -0.05) is 18.2 Å². The molecule has 2 heteroatoms. The molecule has 1 nitrogen and oxygen atoms in total. The SMILES string of the molecule is FCc1ccccc1N1CCCCC1. The molecular weight excluding hydrogens is 177 g/mol. The van der Waals surface area contributed by atoms with Crippen molar-refractivity contribution in [2.24, 2.45) is 0 Å². The normalized spacial score (nSPS) is 17.1. The zero-order chi connectivity index (χ0) is 9.80. The molecule has 0 amide bonds. The molecule has 1 aromatic rings. The lowest BCUT2D eigenvalue weighted by molar-refractivity contribution is 0.482. The minimum atomic E-state index is -0.354. The van der Waals surface area contributed by atoms with Crippen LogP contribution in [0.15, 0.2) is 24.3 Å². The van der Waals surface area contributed by atoms with Crippen LogP contribution in [0.1, 0.15) is 24.8 Å². The van der Waals surface area contributed by atoms with E-state index >= 15 is 0 Å². The summed E-state index contributed by atoms with van der Waals surface area (Å²) in [6.45, 7) is 1.81. The first-order chi connectivity index (χ1) is 6.92. The minimum Gasteiger partial charge on any atom is -0.371 e. The largest absolute Gasteiger partial charge is 0.371 e. The van der Waals surface area contributed by atoms with Crippen LogP contribution in [0.25, 0.3) is 0 Å². The van der Waals surface area contributed by atoms with Crippen molar-refractivity contribution in [1.82, 2.24) is 0 Å². The second-order valence-corrected chi connectivity index (χ2v) is 3.81. The molecule has 0 bridgehead atoms. The number of hydrogen-bond donors (Lipinski definition) is 0. The molecule has 1 aliphatic rings. The summed E-state index contributed by atoms with van der Waals surface area (Å²) in [4.78, 5) is 2.30. The fraction of sp³-hybridized carbons (Fsp3) is 0.500. The Morgan fingerprint density at radius 3 is 2.50 bits per heavy atom. The van der Waals surface area contributed by atoms with Crippen LogP contribution in [0.5, 0.6) is 0 Å².